The molecule has 1 N–H and O–H groups in total. The first-order chi connectivity index (χ1) is 9.63. The SMILES string of the molecule is CCc1nc(N(CCCOC)CCOC)sc1C(=O)O. The molecule has 1 aromatic heterocycles. The molecule has 0 fully saturated rings. The lowest BCUT2D eigenvalue weighted by Gasteiger charge is -2.21. The smallest absolute Gasteiger partial charge is 0.347 e. The van der Waals surface area contributed by atoms with Crippen molar-refractivity contribution < 1.29 is 19.4 Å². The number of carboxylic acids is 1. The molecule has 0 aliphatic heterocycles. The van der Waals surface area contributed by atoms with E-state index < -0.39 is 5.97 Å². The maximum absolute atomic E-state index is 11.2. The van der Waals surface area contributed by atoms with Crippen molar-refractivity contribution in [3.05, 3.63) is 10.6 Å². The molecule has 0 amide bonds. The number of aromatic nitrogens is 1. The minimum Gasteiger partial charge on any atom is -0.477 e. The molecule has 0 aromatic carbocycles. The highest BCUT2D eigenvalue weighted by Crippen LogP contribution is 2.27. The van der Waals surface area contributed by atoms with Crippen LogP contribution >= 0.6 is 11.3 Å². The Hall–Kier alpha value is -1.18. The first kappa shape index (κ1) is 16.9. The maximum atomic E-state index is 11.2. The van der Waals surface area contributed by atoms with Gasteiger partial charge in [0.05, 0.1) is 12.3 Å². The van der Waals surface area contributed by atoms with Gasteiger partial charge in [0, 0.05) is 33.9 Å². The Morgan fingerprint density at radius 2 is 2.00 bits per heavy atom. The largest absolute Gasteiger partial charge is 0.477 e. The first-order valence-corrected chi connectivity index (χ1v) is 7.41. The van der Waals surface area contributed by atoms with Crippen LogP contribution < -0.4 is 4.90 Å². The molecule has 114 valence electrons. The number of thiazole rings is 1. The molecule has 0 saturated heterocycles. The number of anilines is 1. The number of hydrogen-bond acceptors (Lipinski definition) is 6. The van der Waals surface area contributed by atoms with Gasteiger partial charge in [-0.3, -0.25) is 0 Å². The van der Waals surface area contributed by atoms with Gasteiger partial charge >= 0.3 is 5.97 Å². The van der Waals surface area contributed by atoms with Crippen LogP contribution in [0.3, 0.4) is 0 Å². The minimum atomic E-state index is -0.908. The van der Waals surface area contributed by atoms with Gasteiger partial charge in [0.2, 0.25) is 0 Å². The normalized spacial score (nSPS) is 10.8. The molecule has 1 rings (SSSR count). The molecule has 6 nitrogen and oxygen atoms in total. The summed E-state index contributed by atoms with van der Waals surface area (Å²) in [5, 5.41) is 9.93. The number of methoxy groups -OCH3 is 2. The fourth-order valence-corrected chi connectivity index (χ4v) is 2.83. The van der Waals surface area contributed by atoms with Crippen LogP contribution in [0.15, 0.2) is 0 Å². The standard InChI is InChI=1S/C13H22N2O4S/c1-4-10-11(12(16)17)20-13(14-10)15(7-9-19-3)6-5-8-18-2/h4-9H2,1-3H3,(H,16,17). The second kappa shape index (κ2) is 8.89. The lowest BCUT2D eigenvalue weighted by molar-refractivity contribution is 0.0701. The van der Waals surface area contributed by atoms with Crippen molar-refractivity contribution in [2.45, 2.75) is 19.8 Å². The molecular formula is C13H22N2O4S. The van der Waals surface area contributed by atoms with Crippen molar-refractivity contribution in [1.29, 1.82) is 0 Å². The Labute approximate surface area is 123 Å². The summed E-state index contributed by atoms with van der Waals surface area (Å²) in [7, 11) is 3.32. The topological polar surface area (TPSA) is 71.9 Å². The van der Waals surface area contributed by atoms with E-state index in [-0.39, 0.29) is 0 Å². The second-order valence-corrected chi connectivity index (χ2v) is 5.23. The zero-order valence-corrected chi connectivity index (χ0v) is 13.0. The third-order valence-corrected chi connectivity index (χ3v) is 3.97. The molecule has 0 aliphatic carbocycles. The summed E-state index contributed by atoms with van der Waals surface area (Å²) < 4.78 is 10.2. The van der Waals surface area contributed by atoms with Crippen molar-refractivity contribution in [2.75, 3.05) is 45.4 Å². The fourth-order valence-electron chi connectivity index (χ4n) is 1.79. The van der Waals surface area contributed by atoms with E-state index in [0.717, 1.165) is 18.1 Å². The molecular weight excluding hydrogens is 280 g/mol. The highest BCUT2D eigenvalue weighted by molar-refractivity contribution is 7.17. The van der Waals surface area contributed by atoms with E-state index in [1.807, 2.05) is 6.92 Å². The summed E-state index contributed by atoms with van der Waals surface area (Å²) in [4.78, 5) is 18.0. The van der Waals surface area contributed by atoms with Crippen molar-refractivity contribution in [2.24, 2.45) is 0 Å². The highest BCUT2D eigenvalue weighted by atomic mass is 32.1. The van der Waals surface area contributed by atoms with Crippen LogP contribution in [0.1, 0.15) is 28.7 Å². The molecule has 0 radical (unpaired) electrons. The van der Waals surface area contributed by atoms with Gasteiger partial charge in [-0.25, -0.2) is 9.78 Å². The van der Waals surface area contributed by atoms with Gasteiger partial charge in [-0.1, -0.05) is 18.3 Å². The summed E-state index contributed by atoms with van der Waals surface area (Å²) in [5.41, 5.74) is 0.645. The zero-order valence-electron chi connectivity index (χ0n) is 12.2. The third kappa shape index (κ3) is 4.73. The van der Waals surface area contributed by atoms with Crippen molar-refractivity contribution in [1.82, 2.24) is 4.98 Å². The van der Waals surface area contributed by atoms with Gasteiger partial charge < -0.3 is 19.5 Å². The number of ether oxygens (including phenoxy) is 2. The van der Waals surface area contributed by atoms with Gasteiger partial charge in [-0.15, -0.1) is 0 Å². The fraction of sp³-hybridized carbons (Fsp3) is 0.692. The van der Waals surface area contributed by atoms with E-state index in [1.54, 1.807) is 14.2 Å². The molecule has 1 aromatic rings. The van der Waals surface area contributed by atoms with Gasteiger partial charge in [-0.2, -0.15) is 0 Å². The average molecular weight is 302 g/mol. The molecule has 20 heavy (non-hydrogen) atoms. The molecule has 0 aliphatic rings. The number of rotatable bonds is 10. The quantitative estimate of drug-likeness (QED) is 0.666. The predicted octanol–water partition coefficient (Wildman–Crippen LogP) is 1.89. The summed E-state index contributed by atoms with van der Waals surface area (Å²) in [6, 6.07) is 0. The van der Waals surface area contributed by atoms with Crippen LogP contribution in [0.25, 0.3) is 0 Å². The Morgan fingerprint density at radius 3 is 2.50 bits per heavy atom. The van der Waals surface area contributed by atoms with E-state index in [0.29, 0.717) is 36.8 Å². The van der Waals surface area contributed by atoms with Gasteiger partial charge in [0.1, 0.15) is 4.88 Å². The van der Waals surface area contributed by atoms with E-state index >= 15 is 0 Å². The number of carbonyl (C=O) groups is 1. The molecule has 0 unspecified atom stereocenters. The molecule has 0 atom stereocenters. The summed E-state index contributed by atoms with van der Waals surface area (Å²) in [6.07, 6.45) is 1.48. The number of hydrogen-bond donors (Lipinski definition) is 1. The van der Waals surface area contributed by atoms with Crippen molar-refractivity contribution in [3.8, 4) is 0 Å². The molecule has 0 spiro atoms. The van der Waals surface area contributed by atoms with Crippen LogP contribution in [0.4, 0.5) is 5.13 Å². The molecule has 1 heterocycles. The Kier molecular flexibility index (Phi) is 7.50. The number of nitrogens with zero attached hydrogens (tertiary/aromatic N) is 2. The monoisotopic (exact) mass is 302 g/mol. The van der Waals surface area contributed by atoms with Crippen LogP contribution in [-0.4, -0.2) is 56.6 Å². The highest BCUT2D eigenvalue weighted by Gasteiger charge is 2.19. The predicted molar refractivity (Wildman–Crippen MR) is 79.0 cm³/mol. The Morgan fingerprint density at radius 1 is 1.30 bits per heavy atom. The summed E-state index contributed by atoms with van der Waals surface area (Å²) >= 11 is 1.23. The Balaban J connectivity index is 2.85. The molecule has 0 bridgehead atoms. The van der Waals surface area contributed by atoms with E-state index in [9.17, 15) is 9.90 Å². The van der Waals surface area contributed by atoms with E-state index in [4.69, 9.17) is 9.47 Å². The van der Waals surface area contributed by atoms with Gasteiger partial charge in [-0.05, 0) is 12.8 Å². The molecule has 7 heteroatoms. The maximum Gasteiger partial charge on any atom is 0.347 e. The van der Waals surface area contributed by atoms with Gasteiger partial charge in [0.25, 0.3) is 0 Å². The zero-order chi connectivity index (χ0) is 15.0. The van der Waals surface area contributed by atoms with Crippen molar-refractivity contribution in [3.63, 3.8) is 0 Å². The van der Waals surface area contributed by atoms with E-state index in [1.165, 1.54) is 11.3 Å². The minimum absolute atomic E-state index is 0.330. The van der Waals surface area contributed by atoms with E-state index in [2.05, 4.69) is 9.88 Å². The lowest BCUT2D eigenvalue weighted by Crippen LogP contribution is -2.28. The third-order valence-electron chi connectivity index (χ3n) is 2.83. The number of carboxylic acid groups (broad SMARTS) is 1. The average Bonchev–Trinajstić information content (AvgIpc) is 2.87. The van der Waals surface area contributed by atoms with Crippen molar-refractivity contribution >= 4 is 22.4 Å². The van der Waals surface area contributed by atoms with Gasteiger partial charge in [0.15, 0.2) is 5.13 Å². The van der Waals surface area contributed by atoms with Crippen LogP contribution in [0.5, 0.6) is 0 Å². The Bertz CT molecular complexity index is 423. The van der Waals surface area contributed by atoms with Crippen LogP contribution in [0, 0.1) is 0 Å². The number of aromatic carboxylic acids is 1. The van der Waals surface area contributed by atoms with Crippen LogP contribution in [-0.2, 0) is 15.9 Å². The first-order valence-electron chi connectivity index (χ1n) is 6.59. The summed E-state index contributed by atoms with van der Waals surface area (Å²) in [6.45, 7) is 4.62. The van der Waals surface area contributed by atoms with Crippen LogP contribution in [0.2, 0.25) is 0 Å². The summed E-state index contributed by atoms with van der Waals surface area (Å²) in [5.74, 6) is -0.908. The lowest BCUT2D eigenvalue weighted by atomic mass is 10.3. The molecule has 0 saturated carbocycles. The second-order valence-electron chi connectivity index (χ2n) is 4.26. The number of aryl methyl sites for hydroxylation is 1.